The third-order valence-corrected chi connectivity index (χ3v) is 5.34. The summed E-state index contributed by atoms with van der Waals surface area (Å²) in [6.07, 6.45) is 0. The lowest BCUT2D eigenvalue weighted by Gasteiger charge is -2.08. The molecule has 1 heterocycles. The molecule has 0 saturated heterocycles. The van der Waals surface area contributed by atoms with Crippen LogP contribution in [-0.2, 0) is 11.3 Å². The van der Waals surface area contributed by atoms with Crippen molar-refractivity contribution in [2.24, 2.45) is 0 Å². The summed E-state index contributed by atoms with van der Waals surface area (Å²) >= 11 is 10.1. The number of hydrogen-bond donors (Lipinski definition) is 1. The van der Waals surface area contributed by atoms with Crippen molar-refractivity contribution in [2.45, 2.75) is 6.54 Å². The largest absolute Gasteiger partial charge is 0.325 e. The minimum absolute atomic E-state index is 0.109. The summed E-state index contributed by atoms with van der Waals surface area (Å²) in [5.74, 6) is -0.290. The van der Waals surface area contributed by atoms with Crippen LogP contribution >= 0.6 is 39.5 Å². The molecule has 0 bridgehead atoms. The molecule has 3 aromatic rings. The average Bonchev–Trinajstić information content (AvgIpc) is 2.59. The number of rotatable bonds is 4. The molecule has 126 valence electrons. The summed E-state index contributed by atoms with van der Waals surface area (Å²) in [6.45, 7) is -0.109. The van der Waals surface area contributed by atoms with Gasteiger partial charge in [-0.05, 0) is 42.0 Å². The van der Waals surface area contributed by atoms with Gasteiger partial charge in [0.05, 0.1) is 0 Å². The van der Waals surface area contributed by atoms with Crippen LogP contribution in [0.3, 0.4) is 0 Å². The SMILES string of the molecule is O=C(Cn1c(=O)cc(-c2cccc(Br)c2)sc1=S)Nc1ccccc1. The number of para-hydroxylation sites is 1. The minimum atomic E-state index is -0.290. The maximum absolute atomic E-state index is 12.4. The molecule has 0 spiro atoms. The van der Waals surface area contributed by atoms with Crippen molar-refractivity contribution in [3.05, 3.63) is 79.4 Å². The highest BCUT2D eigenvalue weighted by atomic mass is 79.9. The standard InChI is InChI=1S/C18H13BrN2O2S2/c19-13-6-4-5-12(9-13)15-10-17(23)21(18(24)25-15)11-16(22)20-14-7-2-1-3-8-14/h1-10H,11H2,(H,20,22). The van der Waals surface area contributed by atoms with Crippen molar-refractivity contribution in [2.75, 3.05) is 5.32 Å². The van der Waals surface area contributed by atoms with Gasteiger partial charge >= 0.3 is 0 Å². The Balaban J connectivity index is 1.85. The number of carbonyl (C=O) groups is 1. The molecule has 1 N–H and O–H groups in total. The van der Waals surface area contributed by atoms with Crippen LogP contribution in [0.5, 0.6) is 0 Å². The van der Waals surface area contributed by atoms with Crippen LogP contribution < -0.4 is 10.9 Å². The van der Waals surface area contributed by atoms with Crippen molar-refractivity contribution in [3.63, 3.8) is 0 Å². The summed E-state index contributed by atoms with van der Waals surface area (Å²) in [4.78, 5) is 25.4. The van der Waals surface area contributed by atoms with E-state index in [1.54, 1.807) is 12.1 Å². The number of benzene rings is 2. The van der Waals surface area contributed by atoms with Crippen LogP contribution in [0.15, 0.2) is 69.9 Å². The molecule has 2 aromatic carbocycles. The fourth-order valence-corrected chi connectivity index (χ4v) is 3.93. The monoisotopic (exact) mass is 432 g/mol. The van der Waals surface area contributed by atoms with E-state index in [1.165, 1.54) is 22.0 Å². The van der Waals surface area contributed by atoms with E-state index >= 15 is 0 Å². The van der Waals surface area contributed by atoms with Crippen LogP contribution in [0.1, 0.15) is 0 Å². The van der Waals surface area contributed by atoms with E-state index in [2.05, 4.69) is 21.2 Å². The van der Waals surface area contributed by atoms with E-state index < -0.39 is 0 Å². The Hall–Kier alpha value is -2.09. The van der Waals surface area contributed by atoms with Crippen LogP contribution in [0.4, 0.5) is 5.69 Å². The number of anilines is 1. The minimum Gasteiger partial charge on any atom is -0.325 e. The fourth-order valence-electron chi connectivity index (χ4n) is 2.25. The highest BCUT2D eigenvalue weighted by Crippen LogP contribution is 2.25. The van der Waals surface area contributed by atoms with E-state index in [4.69, 9.17) is 12.2 Å². The molecule has 3 rings (SSSR count). The second kappa shape index (κ2) is 7.86. The Kier molecular flexibility index (Phi) is 5.57. The topological polar surface area (TPSA) is 51.1 Å². The molecular formula is C18H13BrN2O2S2. The summed E-state index contributed by atoms with van der Waals surface area (Å²) in [7, 11) is 0. The van der Waals surface area contributed by atoms with Gasteiger partial charge in [-0.2, -0.15) is 0 Å². The molecule has 0 saturated carbocycles. The van der Waals surface area contributed by atoms with E-state index in [-0.39, 0.29) is 18.0 Å². The van der Waals surface area contributed by atoms with Crippen LogP contribution in [-0.4, -0.2) is 10.5 Å². The number of amides is 1. The molecule has 0 aliphatic rings. The summed E-state index contributed by atoms with van der Waals surface area (Å²) in [5, 5.41) is 2.75. The Morgan fingerprint density at radius 3 is 2.56 bits per heavy atom. The molecule has 1 amide bonds. The zero-order valence-corrected chi connectivity index (χ0v) is 16.2. The van der Waals surface area contributed by atoms with Crippen LogP contribution in [0, 0.1) is 3.95 Å². The highest BCUT2D eigenvalue weighted by molar-refractivity contribution is 9.10. The van der Waals surface area contributed by atoms with Gasteiger partial charge in [-0.15, -0.1) is 11.3 Å². The molecule has 0 aliphatic carbocycles. The third kappa shape index (κ3) is 4.50. The van der Waals surface area contributed by atoms with Gasteiger partial charge in [0.2, 0.25) is 5.91 Å². The lowest BCUT2D eigenvalue weighted by Crippen LogP contribution is -2.27. The normalized spacial score (nSPS) is 10.4. The van der Waals surface area contributed by atoms with Gasteiger partial charge in [0.15, 0.2) is 3.95 Å². The highest BCUT2D eigenvalue weighted by Gasteiger charge is 2.09. The number of nitrogens with one attached hydrogen (secondary N) is 1. The van der Waals surface area contributed by atoms with Gasteiger partial charge in [0.25, 0.3) is 5.56 Å². The molecule has 0 radical (unpaired) electrons. The zero-order chi connectivity index (χ0) is 17.8. The number of carbonyl (C=O) groups excluding carboxylic acids is 1. The second-order valence-electron chi connectivity index (χ2n) is 5.23. The third-order valence-electron chi connectivity index (χ3n) is 3.41. The lowest BCUT2D eigenvalue weighted by atomic mass is 10.2. The maximum atomic E-state index is 12.4. The quantitative estimate of drug-likeness (QED) is 0.607. The maximum Gasteiger partial charge on any atom is 0.254 e. The van der Waals surface area contributed by atoms with Crippen molar-refractivity contribution in [1.82, 2.24) is 4.57 Å². The number of nitrogens with zero attached hydrogens (tertiary/aromatic N) is 1. The molecule has 25 heavy (non-hydrogen) atoms. The molecule has 1 aromatic heterocycles. The first-order chi connectivity index (χ1) is 12.0. The molecule has 7 heteroatoms. The van der Waals surface area contributed by atoms with Gasteiger partial charge in [-0.1, -0.05) is 46.3 Å². The van der Waals surface area contributed by atoms with Gasteiger partial charge in [-0.3, -0.25) is 14.2 Å². The van der Waals surface area contributed by atoms with E-state index in [9.17, 15) is 9.59 Å². The predicted octanol–water partition coefficient (Wildman–Crippen LogP) is 4.71. The fraction of sp³-hybridized carbons (Fsp3) is 0.0556. The van der Waals surface area contributed by atoms with Gasteiger partial charge in [0, 0.05) is 21.1 Å². The molecular weight excluding hydrogens is 420 g/mol. The average molecular weight is 433 g/mol. The summed E-state index contributed by atoms with van der Waals surface area (Å²) in [6, 6.07) is 18.3. The van der Waals surface area contributed by atoms with E-state index in [0.29, 0.717) is 9.64 Å². The number of hydrogen-bond acceptors (Lipinski definition) is 4. The Bertz CT molecular complexity index is 998. The first-order valence-electron chi connectivity index (χ1n) is 7.39. The van der Waals surface area contributed by atoms with Crippen molar-refractivity contribution in [3.8, 4) is 10.4 Å². The van der Waals surface area contributed by atoms with Gasteiger partial charge in [0.1, 0.15) is 6.54 Å². The van der Waals surface area contributed by atoms with Crippen molar-refractivity contribution in [1.29, 1.82) is 0 Å². The first-order valence-corrected chi connectivity index (χ1v) is 9.40. The van der Waals surface area contributed by atoms with Crippen molar-refractivity contribution < 1.29 is 4.79 Å². The van der Waals surface area contributed by atoms with Crippen LogP contribution in [0.2, 0.25) is 0 Å². The smallest absolute Gasteiger partial charge is 0.254 e. The molecule has 0 unspecified atom stereocenters. The van der Waals surface area contributed by atoms with Gasteiger partial charge in [-0.25, -0.2) is 0 Å². The number of aromatic nitrogens is 1. The molecule has 0 atom stereocenters. The first kappa shape index (κ1) is 17.7. The molecule has 0 fully saturated rings. The van der Waals surface area contributed by atoms with Crippen molar-refractivity contribution >= 4 is 51.1 Å². The Morgan fingerprint density at radius 2 is 1.88 bits per heavy atom. The lowest BCUT2D eigenvalue weighted by molar-refractivity contribution is -0.116. The Labute approximate surface area is 161 Å². The summed E-state index contributed by atoms with van der Waals surface area (Å²) in [5.41, 5.74) is 1.30. The molecule has 0 aliphatic heterocycles. The van der Waals surface area contributed by atoms with E-state index in [1.807, 2.05) is 42.5 Å². The zero-order valence-electron chi connectivity index (χ0n) is 12.9. The Morgan fingerprint density at radius 1 is 1.12 bits per heavy atom. The van der Waals surface area contributed by atoms with Crippen LogP contribution in [0.25, 0.3) is 10.4 Å². The van der Waals surface area contributed by atoms with E-state index in [0.717, 1.165) is 14.9 Å². The summed E-state index contributed by atoms with van der Waals surface area (Å²) < 4.78 is 2.60. The predicted molar refractivity (Wildman–Crippen MR) is 108 cm³/mol. The second-order valence-corrected chi connectivity index (χ2v) is 7.82. The van der Waals surface area contributed by atoms with Gasteiger partial charge < -0.3 is 5.32 Å². The number of halogens is 1. The molecule has 4 nitrogen and oxygen atoms in total.